The SMILES string of the molecule is Cc1ccc(C(C)C)c(OCCCCn2c(CCCCCNC(=O)C(C)(C)C)nc3ccccc32)c1. The number of rotatable bonds is 13. The third kappa shape index (κ3) is 7.84. The maximum absolute atomic E-state index is 12.0. The molecule has 3 aromatic rings. The van der Waals surface area contributed by atoms with Crippen molar-refractivity contribution in [1.82, 2.24) is 14.9 Å². The zero-order valence-electron chi connectivity index (χ0n) is 23.2. The summed E-state index contributed by atoms with van der Waals surface area (Å²) >= 11 is 0. The number of para-hydroxylation sites is 2. The van der Waals surface area contributed by atoms with Crippen molar-refractivity contribution < 1.29 is 9.53 Å². The molecule has 0 spiro atoms. The second-order valence-electron chi connectivity index (χ2n) is 11.2. The van der Waals surface area contributed by atoms with Gasteiger partial charge in [0.25, 0.3) is 0 Å². The molecule has 196 valence electrons. The lowest BCUT2D eigenvalue weighted by Gasteiger charge is -2.17. The number of hydrogen-bond acceptors (Lipinski definition) is 3. The van der Waals surface area contributed by atoms with Gasteiger partial charge in [-0.2, -0.15) is 0 Å². The summed E-state index contributed by atoms with van der Waals surface area (Å²) in [7, 11) is 0. The molecule has 0 unspecified atom stereocenters. The molecule has 0 aliphatic carbocycles. The highest BCUT2D eigenvalue weighted by atomic mass is 16.5. The fourth-order valence-corrected chi connectivity index (χ4v) is 4.42. The summed E-state index contributed by atoms with van der Waals surface area (Å²) in [4.78, 5) is 17.0. The molecule has 0 bridgehead atoms. The van der Waals surface area contributed by atoms with Crippen molar-refractivity contribution in [3.05, 3.63) is 59.4 Å². The van der Waals surface area contributed by atoms with Gasteiger partial charge in [0, 0.05) is 24.9 Å². The molecule has 36 heavy (non-hydrogen) atoms. The molecule has 2 aromatic carbocycles. The van der Waals surface area contributed by atoms with E-state index in [4.69, 9.17) is 9.72 Å². The number of hydrogen-bond donors (Lipinski definition) is 1. The van der Waals surface area contributed by atoms with E-state index in [1.54, 1.807) is 0 Å². The second kappa shape index (κ2) is 12.9. The van der Waals surface area contributed by atoms with Gasteiger partial charge in [-0.25, -0.2) is 4.98 Å². The van der Waals surface area contributed by atoms with Crippen molar-refractivity contribution in [3.8, 4) is 5.75 Å². The van der Waals surface area contributed by atoms with Crippen LogP contribution in [0.3, 0.4) is 0 Å². The molecule has 0 fully saturated rings. The molecule has 5 nitrogen and oxygen atoms in total. The monoisotopic (exact) mass is 491 g/mol. The summed E-state index contributed by atoms with van der Waals surface area (Å²) < 4.78 is 8.59. The predicted octanol–water partition coefficient (Wildman–Crippen LogP) is 7.20. The van der Waals surface area contributed by atoms with E-state index in [2.05, 4.69) is 73.1 Å². The first kappa shape index (κ1) is 27.8. The summed E-state index contributed by atoms with van der Waals surface area (Å²) in [5, 5.41) is 3.05. The second-order valence-corrected chi connectivity index (χ2v) is 11.2. The number of amides is 1. The van der Waals surface area contributed by atoms with Crippen LogP contribution in [0.2, 0.25) is 0 Å². The molecule has 0 saturated heterocycles. The Labute approximate surface area is 217 Å². The van der Waals surface area contributed by atoms with Crippen LogP contribution in [0.1, 0.15) is 89.6 Å². The Morgan fingerprint density at radius 1 is 1.03 bits per heavy atom. The van der Waals surface area contributed by atoms with E-state index >= 15 is 0 Å². The molecule has 1 aromatic heterocycles. The number of fused-ring (bicyclic) bond motifs is 1. The maximum Gasteiger partial charge on any atom is 0.225 e. The van der Waals surface area contributed by atoms with E-state index in [-0.39, 0.29) is 11.3 Å². The van der Waals surface area contributed by atoms with Crippen LogP contribution in [-0.2, 0) is 17.8 Å². The largest absolute Gasteiger partial charge is 0.493 e. The van der Waals surface area contributed by atoms with Gasteiger partial charge in [0.15, 0.2) is 0 Å². The van der Waals surface area contributed by atoms with Crippen LogP contribution in [0.15, 0.2) is 42.5 Å². The van der Waals surface area contributed by atoms with E-state index in [1.807, 2.05) is 20.8 Å². The smallest absolute Gasteiger partial charge is 0.225 e. The normalized spacial score (nSPS) is 11.9. The van der Waals surface area contributed by atoms with Gasteiger partial charge in [0.05, 0.1) is 17.6 Å². The fraction of sp³-hybridized carbons (Fsp3) is 0.548. The Morgan fingerprint density at radius 2 is 1.81 bits per heavy atom. The molecule has 0 aliphatic rings. The quantitative estimate of drug-likeness (QED) is 0.257. The topological polar surface area (TPSA) is 56.1 Å². The van der Waals surface area contributed by atoms with Crippen molar-refractivity contribution in [3.63, 3.8) is 0 Å². The molecular weight excluding hydrogens is 446 g/mol. The third-order valence-electron chi connectivity index (χ3n) is 6.60. The Morgan fingerprint density at radius 3 is 2.56 bits per heavy atom. The Hall–Kier alpha value is -2.82. The van der Waals surface area contributed by atoms with Gasteiger partial charge < -0.3 is 14.6 Å². The van der Waals surface area contributed by atoms with Crippen molar-refractivity contribution >= 4 is 16.9 Å². The number of imidazole rings is 1. The van der Waals surface area contributed by atoms with Crippen LogP contribution < -0.4 is 10.1 Å². The molecule has 3 rings (SSSR count). The minimum absolute atomic E-state index is 0.121. The van der Waals surface area contributed by atoms with Gasteiger partial charge in [0.2, 0.25) is 5.91 Å². The molecule has 1 heterocycles. The van der Waals surface area contributed by atoms with Gasteiger partial charge in [-0.1, -0.05) is 65.3 Å². The van der Waals surface area contributed by atoms with E-state index in [1.165, 1.54) is 16.6 Å². The molecule has 0 aliphatic heterocycles. The van der Waals surface area contributed by atoms with E-state index in [0.29, 0.717) is 5.92 Å². The zero-order chi connectivity index (χ0) is 26.1. The van der Waals surface area contributed by atoms with Gasteiger partial charge in [-0.3, -0.25) is 4.79 Å². The first-order valence-electron chi connectivity index (χ1n) is 13.6. The number of nitrogens with zero attached hydrogens (tertiary/aromatic N) is 2. The number of aromatic nitrogens is 2. The van der Waals surface area contributed by atoms with E-state index < -0.39 is 0 Å². The van der Waals surface area contributed by atoms with Crippen LogP contribution in [0.25, 0.3) is 11.0 Å². The Kier molecular flexibility index (Phi) is 9.98. The molecule has 5 heteroatoms. The number of ether oxygens (including phenoxy) is 1. The number of carbonyl (C=O) groups is 1. The average molecular weight is 492 g/mol. The van der Waals surface area contributed by atoms with Gasteiger partial charge >= 0.3 is 0 Å². The molecule has 1 amide bonds. The zero-order valence-corrected chi connectivity index (χ0v) is 23.2. The summed E-state index contributed by atoms with van der Waals surface area (Å²) in [5.74, 6) is 2.76. The lowest BCUT2D eigenvalue weighted by atomic mass is 9.96. The number of nitrogens with one attached hydrogen (secondary N) is 1. The molecule has 0 atom stereocenters. The van der Waals surface area contributed by atoms with Crippen molar-refractivity contribution in [2.24, 2.45) is 5.41 Å². The average Bonchev–Trinajstić information content (AvgIpc) is 3.17. The van der Waals surface area contributed by atoms with E-state index in [9.17, 15) is 4.79 Å². The van der Waals surface area contributed by atoms with Crippen molar-refractivity contribution in [2.45, 2.75) is 92.5 Å². The number of aryl methyl sites for hydroxylation is 3. The van der Waals surface area contributed by atoms with E-state index in [0.717, 1.165) is 75.3 Å². The van der Waals surface area contributed by atoms with Crippen LogP contribution in [0.4, 0.5) is 0 Å². The number of benzene rings is 2. The van der Waals surface area contributed by atoms with Crippen LogP contribution in [0, 0.1) is 12.3 Å². The lowest BCUT2D eigenvalue weighted by molar-refractivity contribution is -0.128. The summed E-state index contributed by atoms with van der Waals surface area (Å²) in [5.41, 5.74) is 4.48. The molecule has 0 radical (unpaired) electrons. The number of unbranched alkanes of at least 4 members (excludes halogenated alkanes) is 3. The minimum Gasteiger partial charge on any atom is -0.493 e. The molecular formula is C31H45N3O2. The Balaban J connectivity index is 1.49. The number of carbonyl (C=O) groups excluding carboxylic acids is 1. The molecule has 1 N–H and O–H groups in total. The summed E-state index contributed by atoms with van der Waals surface area (Å²) in [6.45, 7) is 14.8. The maximum atomic E-state index is 12.0. The highest BCUT2D eigenvalue weighted by Crippen LogP contribution is 2.28. The first-order chi connectivity index (χ1) is 17.2. The third-order valence-corrected chi connectivity index (χ3v) is 6.60. The van der Waals surface area contributed by atoms with Gasteiger partial charge in [-0.05, 0) is 67.9 Å². The lowest BCUT2D eigenvalue weighted by Crippen LogP contribution is -2.35. The molecule has 0 saturated carbocycles. The van der Waals surface area contributed by atoms with Gasteiger partial charge in [-0.15, -0.1) is 0 Å². The fourth-order valence-electron chi connectivity index (χ4n) is 4.42. The highest BCUT2D eigenvalue weighted by molar-refractivity contribution is 5.81. The minimum atomic E-state index is -0.327. The summed E-state index contributed by atoms with van der Waals surface area (Å²) in [6.07, 6.45) is 6.16. The van der Waals surface area contributed by atoms with Crippen LogP contribution in [-0.4, -0.2) is 28.6 Å². The van der Waals surface area contributed by atoms with Crippen molar-refractivity contribution in [1.29, 1.82) is 0 Å². The van der Waals surface area contributed by atoms with Crippen LogP contribution in [0.5, 0.6) is 5.75 Å². The Bertz CT molecular complexity index is 1120. The van der Waals surface area contributed by atoms with Crippen molar-refractivity contribution in [2.75, 3.05) is 13.2 Å². The predicted molar refractivity (Wildman–Crippen MR) is 150 cm³/mol. The first-order valence-corrected chi connectivity index (χ1v) is 13.6. The van der Waals surface area contributed by atoms with Gasteiger partial charge in [0.1, 0.15) is 11.6 Å². The highest BCUT2D eigenvalue weighted by Gasteiger charge is 2.20. The summed E-state index contributed by atoms with van der Waals surface area (Å²) in [6, 6.07) is 14.9. The standard InChI is InChI=1S/C31H45N3O2/c1-23(2)25-18-17-24(3)22-28(25)36-21-13-12-20-34-27-15-10-9-14-26(27)33-29(34)16-8-7-11-19-32-30(35)31(4,5)6/h9-10,14-15,17-18,22-23H,7-8,11-13,16,19-21H2,1-6H3,(H,32,35). The van der Waals surface area contributed by atoms with Crippen LogP contribution >= 0.6 is 0 Å².